The minimum absolute atomic E-state index is 0.0127. The Morgan fingerprint density at radius 1 is 0.862 bits per heavy atom. The molecule has 0 spiro atoms. The van der Waals surface area contributed by atoms with Gasteiger partial charge in [-0.05, 0) is 52.9 Å². The number of rotatable bonds is 4. The molecule has 0 saturated carbocycles. The largest absolute Gasteiger partial charge is 0.481 e. The summed E-state index contributed by atoms with van der Waals surface area (Å²) in [6.45, 7) is 7.96. The number of fused-ring (bicyclic) bond motifs is 1. The molecule has 1 unspecified atom stereocenters. The molecule has 150 valence electrons. The van der Waals surface area contributed by atoms with Gasteiger partial charge in [0.25, 0.3) is 11.8 Å². The highest BCUT2D eigenvalue weighted by atomic mass is 16.5. The SMILES string of the molecule is CC(Oc1ccc2ccccc2c1)C(=O)NNC(=O)c1ccc(C(C)(C)C)cc1. The summed E-state index contributed by atoms with van der Waals surface area (Å²) in [5.41, 5.74) is 6.48. The summed E-state index contributed by atoms with van der Waals surface area (Å²) < 4.78 is 5.71. The van der Waals surface area contributed by atoms with Crippen LogP contribution in [0.3, 0.4) is 0 Å². The summed E-state index contributed by atoms with van der Waals surface area (Å²) in [4.78, 5) is 24.6. The molecule has 0 fully saturated rings. The summed E-state index contributed by atoms with van der Waals surface area (Å²) in [5, 5.41) is 2.13. The Labute approximate surface area is 171 Å². The third kappa shape index (κ3) is 5.13. The van der Waals surface area contributed by atoms with Gasteiger partial charge < -0.3 is 4.74 Å². The Balaban J connectivity index is 1.55. The van der Waals surface area contributed by atoms with E-state index in [1.807, 2.05) is 54.6 Å². The minimum Gasteiger partial charge on any atom is -0.481 e. The zero-order valence-corrected chi connectivity index (χ0v) is 17.2. The second-order valence-electron chi connectivity index (χ2n) is 8.04. The molecule has 0 aliphatic rings. The van der Waals surface area contributed by atoms with E-state index in [-0.39, 0.29) is 11.3 Å². The van der Waals surface area contributed by atoms with Gasteiger partial charge in [0, 0.05) is 5.56 Å². The van der Waals surface area contributed by atoms with Crippen LogP contribution >= 0.6 is 0 Å². The van der Waals surface area contributed by atoms with Gasteiger partial charge in [0.1, 0.15) is 5.75 Å². The molecule has 2 amide bonds. The number of carbonyl (C=O) groups is 2. The number of ether oxygens (including phenoxy) is 1. The third-order valence-corrected chi connectivity index (χ3v) is 4.72. The zero-order chi connectivity index (χ0) is 21.0. The molecule has 0 aromatic heterocycles. The molecule has 3 aromatic carbocycles. The first-order valence-electron chi connectivity index (χ1n) is 9.60. The fourth-order valence-corrected chi connectivity index (χ4v) is 2.91. The number of nitrogens with one attached hydrogen (secondary N) is 2. The highest BCUT2D eigenvalue weighted by Crippen LogP contribution is 2.22. The predicted molar refractivity (Wildman–Crippen MR) is 115 cm³/mol. The van der Waals surface area contributed by atoms with E-state index < -0.39 is 12.0 Å². The summed E-state index contributed by atoms with van der Waals surface area (Å²) in [6.07, 6.45) is -0.764. The molecule has 0 saturated heterocycles. The van der Waals surface area contributed by atoms with Gasteiger partial charge in [0.2, 0.25) is 0 Å². The number of benzene rings is 3. The normalized spacial score (nSPS) is 12.3. The lowest BCUT2D eigenvalue weighted by atomic mass is 9.87. The van der Waals surface area contributed by atoms with Crippen LogP contribution in [0.25, 0.3) is 10.8 Å². The average Bonchev–Trinajstić information content (AvgIpc) is 2.71. The van der Waals surface area contributed by atoms with Crippen LogP contribution in [0.2, 0.25) is 0 Å². The lowest BCUT2D eigenvalue weighted by Crippen LogP contribution is -2.47. The maximum Gasteiger partial charge on any atom is 0.279 e. The van der Waals surface area contributed by atoms with Gasteiger partial charge in [-0.2, -0.15) is 0 Å². The summed E-state index contributed by atoms with van der Waals surface area (Å²) in [6, 6.07) is 20.9. The van der Waals surface area contributed by atoms with E-state index in [9.17, 15) is 9.59 Å². The van der Waals surface area contributed by atoms with Crippen molar-refractivity contribution in [2.75, 3.05) is 0 Å². The highest BCUT2D eigenvalue weighted by Gasteiger charge is 2.17. The van der Waals surface area contributed by atoms with Gasteiger partial charge in [-0.15, -0.1) is 0 Å². The fourth-order valence-electron chi connectivity index (χ4n) is 2.91. The van der Waals surface area contributed by atoms with E-state index in [0.29, 0.717) is 11.3 Å². The van der Waals surface area contributed by atoms with Gasteiger partial charge >= 0.3 is 0 Å². The van der Waals surface area contributed by atoms with Crippen molar-refractivity contribution in [1.82, 2.24) is 10.9 Å². The number of hydrogen-bond acceptors (Lipinski definition) is 3. The lowest BCUT2D eigenvalue weighted by molar-refractivity contribution is -0.128. The van der Waals surface area contributed by atoms with Crippen LogP contribution < -0.4 is 15.6 Å². The first-order chi connectivity index (χ1) is 13.7. The van der Waals surface area contributed by atoms with Crippen molar-refractivity contribution in [3.63, 3.8) is 0 Å². The van der Waals surface area contributed by atoms with Gasteiger partial charge in [0.15, 0.2) is 6.10 Å². The van der Waals surface area contributed by atoms with E-state index in [0.717, 1.165) is 16.3 Å². The smallest absolute Gasteiger partial charge is 0.279 e. The average molecular weight is 390 g/mol. The Bertz CT molecular complexity index is 1020. The Morgan fingerprint density at radius 3 is 2.17 bits per heavy atom. The van der Waals surface area contributed by atoms with E-state index in [1.165, 1.54) is 0 Å². The second kappa shape index (κ2) is 8.35. The van der Waals surface area contributed by atoms with Crippen molar-refractivity contribution in [3.8, 4) is 5.75 Å². The molecular weight excluding hydrogens is 364 g/mol. The van der Waals surface area contributed by atoms with Crippen molar-refractivity contribution in [2.45, 2.75) is 39.2 Å². The Morgan fingerprint density at radius 2 is 1.52 bits per heavy atom. The molecule has 29 heavy (non-hydrogen) atoms. The topological polar surface area (TPSA) is 67.4 Å². The van der Waals surface area contributed by atoms with Crippen LogP contribution in [0, 0.1) is 0 Å². The molecule has 2 N–H and O–H groups in total. The lowest BCUT2D eigenvalue weighted by Gasteiger charge is -2.19. The monoisotopic (exact) mass is 390 g/mol. The van der Waals surface area contributed by atoms with Crippen molar-refractivity contribution in [1.29, 1.82) is 0 Å². The number of carbonyl (C=O) groups excluding carboxylic acids is 2. The highest BCUT2D eigenvalue weighted by molar-refractivity contribution is 5.95. The molecule has 1 atom stereocenters. The summed E-state index contributed by atoms with van der Waals surface area (Å²) >= 11 is 0. The molecule has 5 nitrogen and oxygen atoms in total. The fraction of sp³-hybridized carbons (Fsp3) is 0.250. The standard InChI is InChI=1S/C24H26N2O3/c1-16(29-21-14-11-17-7-5-6-8-19(17)15-21)22(27)25-26-23(28)18-9-12-20(13-10-18)24(2,3)4/h5-16H,1-4H3,(H,25,27)(H,26,28). The second-order valence-corrected chi connectivity index (χ2v) is 8.04. The molecular formula is C24H26N2O3. The minimum atomic E-state index is -0.764. The quantitative estimate of drug-likeness (QED) is 0.650. The molecule has 0 aliphatic heterocycles. The number of amides is 2. The van der Waals surface area contributed by atoms with Crippen LogP contribution in [-0.2, 0) is 10.2 Å². The van der Waals surface area contributed by atoms with E-state index in [4.69, 9.17) is 4.74 Å². The number of hydrogen-bond donors (Lipinski definition) is 2. The first kappa shape index (κ1) is 20.4. The van der Waals surface area contributed by atoms with Gasteiger partial charge in [-0.3, -0.25) is 20.4 Å². The van der Waals surface area contributed by atoms with Gasteiger partial charge in [0.05, 0.1) is 0 Å². The summed E-state index contributed by atoms with van der Waals surface area (Å²) in [5.74, 6) is -0.218. The van der Waals surface area contributed by atoms with E-state index in [2.05, 4.69) is 31.6 Å². The van der Waals surface area contributed by atoms with Crippen molar-refractivity contribution in [2.24, 2.45) is 0 Å². The van der Waals surface area contributed by atoms with E-state index >= 15 is 0 Å². The predicted octanol–water partition coefficient (Wildman–Crippen LogP) is 4.37. The maximum atomic E-state index is 12.3. The van der Waals surface area contributed by atoms with Crippen LogP contribution in [0.15, 0.2) is 66.7 Å². The molecule has 0 radical (unpaired) electrons. The van der Waals surface area contributed by atoms with Gasteiger partial charge in [-0.1, -0.05) is 63.2 Å². The summed E-state index contributed by atoms with van der Waals surface area (Å²) in [7, 11) is 0. The Kier molecular flexibility index (Phi) is 5.87. The van der Waals surface area contributed by atoms with Gasteiger partial charge in [-0.25, -0.2) is 0 Å². The number of hydrazine groups is 1. The Hall–Kier alpha value is -3.34. The van der Waals surface area contributed by atoms with Crippen molar-refractivity contribution in [3.05, 3.63) is 77.9 Å². The first-order valence-corrected chi connectivity index (χ1v) is 9.60. The third-order valence-electron chi connectivity index (χ3n) is 4.72. The van der Waals surface area contributed by atoms with Crippen molar-refractivity contribution >= 4 is 22.6 Å². The zero-order valence-electron chi connectivity index (χ0n) is 17.2. The molecule has 0 aliphatic carbocycles. The van der Waals surface area contributed by atoms with E-state index in [1.54, 1.807) is 19.1 Å². The molecule has 5 heteroatoms. The molecule has 3 aromatic rings. The van der Waals surface area contributed by atoms with Crippen molar-refractivity contribution < 1.29 is 14.3 Å². The van der Waals surface area contributed by atoms with Crippen LogP contribution in [-0.4, -0.2) is 17.9 Å². The van der Waals surface area contributed by atoms with Crippen LogP contribution in [0.1, 0.15) is 43.6 Å². The van der Waals surface area contributed by atoms with Crippen LogP contribution in [0.4, 0.5) is 0 Å². The molecule has 3 rings (SSSR count). The molecule has 0 heterocycles. The maximum absolute atomic E-state index is 12.3. The van der Waals surface area contributed by atoms with Crippen LogP contribution in [0.5, 0.6) is 5.75 Å². The molecule has 0 bridgehead atoms.